The van der Waals surface area contributed by atoms with E-state index in [2.05, 4.69) is 501 Å². The van der Waals surface area contributed by atoms with Crippen LogP contribution < -0.4 is 0 Å². The van der Waals surface area contributed by atoms with E-state index in [0.717, 1.165) is 174 Å². The summed E-state index contributed by atoms with van der Waals surface area (Å²) in [5.74, 6) is 2.94. The van der Waals surface area contributed by atoms with Crippen molar-refractivity contribution in [3.05, 3.63) is 532 Å². The van der Waals surface area contributed by atoms with Gasteiger partial charge in [0.2, 0.25) is 0 Å². The van der Waals surface area contributed by atoms with Crippen LogP contribution in [0.5, 0.6) is 0 Å². The molecular weight excluding hydrogens is 1700 g/mol. The van der Waals surface area contributed by atoms with E-state index in [1.807, 2.05) is 36.4 Å². The topological polar surface area (TPSA) is 103 Å². The van der Waals surface area contributed by atoms with Gasteiger partial charge in [0.05, 0.1) is 45.6 Å². The Bertz CT molecular complexity index is 8030. The highest BCUT2D eigenvalue weighted by Gasteiger charge is 2.21. The third-order valence-electron chi connectivity index (χ3n) is 25.3. The predicted molar refractivity (Wildman–Crippen MR) is 584 cm³/mol. The molecule has 4 heterocycles. The second-order valence-electron chi connectivity index (χ2n) is 35.3. The molecule has 0 atom stereocenters. The quantitative estimate of drug-likeness (QED) is 0.0943. The Morgan fingerprint density at radius 2 is 0.350 bits per heavy atom. The van der Waals surface area contributed by atoms with Gasteiger partial charge in [0, 0.05) is 66.8 Å². The van der Waals surface area contributed by atoms with Gasteiger partial charge in [-0.3, -0.25) is 0 Å². The van der Waals surface area contributed by atoms with Crippen LogP contribution in [0.1, 0.15) is 22.3 Å². The Hall–Kier alpha value is -18.2. The lowest BCUT2D eigenvalue weighted by atomic mass is 9.93. The van der Waals surface area contributed by atoms with E-state index in [1.165, 1.54) is 65.3 Å². The normalized spacial score (nSPS) is 11.0. The molecule has 0 N–H and O–H groups in total. The number of aromatic nitrogens is 8. The highest BCUT2D eigenvalue weighted by atomic mass is 14.9. The van der Waals surface area contributed by atoms with Crippen molar-refractivity contribution in [3.8, 4) is 180 Å². The van der Waals surface area contributed by atoms with Crippen molar-refractivity contribution in [2.45, 2.75) is 27.7 Å². The Morgan fingerprint density at radius 1 is 0.114 bits per heavy atom. The highest BCUT2D eigenvalue weighted by molar-refractivity contribution is 6.00. The van der Waals surface area contributed by atoms with Crippen LogP contribution in [0.2, 0.25) is 0 Å². The molecule has 8 nitrogen and oxygen atoms in total. The summed E-state index contributed by atoms with van der Waals surface area (Å²) in [6.45, 7) is 8.39. The van der Waals surface area contributed by atoms with Gasteiger partial charge in [-0.05, 0) is 200 Å². The van der Waals surface area contributed by atoms with Gasteiger partial charge >= 0.3 is 0 Å². The van der Waals surface area contributed by atoms with E-state index in [1.54, 1.807) is 0 Å². The number of hydrogen-bond acceptors (Lipinski definition) is 8. The summed E-state index contributed by atoms with van der Waals surface area (Å²) in [6, 6.07) is 178. The van der Waals surface area contributed by atoms with Crippen molar-refractivity contribution in [1.82, 2.24) is 39.9 Å². The van der Waals surface area contributed by atoms with Crippen LogP contribution in [0.3, 0.4) is 0 Å². The predicted octanol–water partition coefficient (Wildman–Crippen LogP) is 34.4. The molecule has 0 saturated carbocycles. The van der Waals surface area contributed by atoms with Gasteiger partial charge in [0.1, 0.15) is 0 Å². The van der Waals surface area contributed by atoms with Crippen LogP contribution in [-0.4, -0.2) is 39.9 Å². The van der Waals surface area contributed by atoms with Gasteiger partial charge in [0.25, 0.3) is 0 Å². The number of nitrogens with zero attached hydrogens (tertiary/aromatic N) is 8. The van der Waals surface area contributed by atoms with Crippen molar-refractivity contribution < 1.29 is 0 Å². The summed E-state index contributed by atoms with van der Waals surface area (Å²) in [5.41, 5.74) is 34.1. The van der Waals surface area contributed by atoms with Gasteiger partial charge < -0.3 is 0 Å². The van der Waals surface area contributed by atoms with E-state index in [4.69, 9.17) is 39.9 Å². The minimum Gasteiger partial charge on any atom is -0.228 e. The van der Waals surface area contributed by atoms with E-state index in [-0.39, 0.29) is 0 Å². The van der Waals surface area contributed by atoms with E-state index >= 15 is 0 Å². The highest BCUT2D eigenvalue weighted by Crippen LogP contribution is 2.42. The molecule has 0 bridgehead atoms. The Kier molecular flexibility index (Phi) is 25.8. The molecule has 0 spiro atoms. The third kappa shape index (κ3) is 20.4. The van der Waals surface area contributed by atoms with Gasteiger partial charge in [-0.2, -0.15) is 0 Å². The molecule has 0 radical (unpaired) electrons. The van der Waals surface area contributed by atoms with Crippen LogP contribution in [0.15, 0.2) is 510 Å². The first-order valence-electron chi connectivity index (χ1n) is 47.4. The lowest BCUT2D eigenvalue weighted by molar-refractivity contribution is 1.18. The molecule has 24 rings (SSSR count). The molecule has 0 aliphatic heterocycles. The fraction of sp³-hybridized carbons (Fsp3) is 0.0303. The number of rotatable bonds is 16. The third-order valence-corrected chi connectivity index (χ3v) is 25.3. The molecule has 24 aromatic rings. The molecule has 0 unspecified atom stereocenters. The lowest BCUT2D eigenvalue weighted by Crippen LogP contribution is -1.97. The van der Waals surface area contributed by atoms with Crippen LogP contribution in [0.4, 0.5) is 0 Å². The smallest absolute Gasteiger partial charge is 0.160 e. The SMILES string of the molecule is Cc1ccc(-c2nc(-c3cccc4ccccc34)cc(-c3cccc4ccccc34)n2)cc1.Cc1ccc(-c2nc(-c3ccccc3)cc(-c3ccccc3)n2)cc1.Cc1cccc(-c2nc(-c3cc(-c4ccccc4)cc(-c4ccccc4)c3)cc(-c3cc(-c4ccccc4)cc(-c4ccccc4)c3)n2)c1.Cc1cccc(-c2nc(-c3ccc4ccccc4c3)cc(-c3ccc4ccccc4c3)n2)c1. The van der Waals surface area contributed by atoms with Gasteiger partial charge in [0.15, 0.2) is 23.3 Å². The zero-order valence-electron chi connectivity index (χ0n) is 78.1. The minimum atomic E-state index is 0.703. The second-order valence-corrected chi connectivity index (χ2v) is 35.3. The average molecular weight is 1790 g/mol. The molecular formula is C132H96N8. The van der Waals surface area contributed by atoms with Crippen LogP contribution in [-0.2, 0) is 0 Å². The lowest BCUT2D eigenvalue weighted by Gasteiger charge is -2.15. The molecule has 0 aliphatic rings. The molecule has 0 fully saturated rings. The zero-order valence-corrected chi connectivity index (χ0v) is 78.1. The molecule has 0 amide bonds. The van der Waals surface area contributed by atoms with Crippen molar-refractivity contribution in [2.75, 3.05) is 0 Å². The number of fused-ring (bicyclic) bond motifs is 4. The first kappa shape index (κ1) is 88.4. The molecule has 4 aromatic heterocycles. The number of aryl methyl sites for hydroxylation is 4. The summed E-state index contributed by atoms with van der Waals surface area (Å²) >= 11 is 0. The first-order chi connectivity index (χ1) is 68.9. The van der Waals surface area contributed by atoms with Crippen molar-refractivity contribution >= 4 is 43.1 Å². The Labute approximate surface area is 816 Å². The average Bonchev–Trinajstić information content (AvgIpc) is 0.785. The van der Waals surface area contributed by atoms with Crippen molar-refractivity contribution in [2.24, 2.45) is 0 Å². The summed E-state index contributed by atoms with van der Waals surface area (Å²) < 4.78 is 0. The van der Waals surface area contributed by atoms with Crippen molar-refractivity contribution in [3.63, 3.8) is 0 Å². The standard InChI is InChI=1S/C47H34N2.2C31H22N2.C23H18N2/c1-33-15-14-24-38(25-33)47-48-45(43-28-39(34-16-6-2-7-17-34)26-40(29-43)35-18-8-3-9-19-35)32-46(49-47)44-30-41(36-20-10-4-11-21-36)27-42(31-44)37-22-12-5-13-23-37;1-21-16-18-24(19-17-21)31-32-29(27-14-6-10-22-8-2-4-12-25(22)27)20-30(33-31)28-15-7-11-23-9-3-5-13-26(23)28;1-21-7-6-12-28(17-21)31-32-29(26-15-13-22-8-2-4-10-24(22)18-26)20-30(33-31)27-16-14-23-9-3-5-11-25(23)19-27;1-17-12-14-20(15-13-17)23-24-21(18-8-4-2-5-9-18)16-22(25-23)19-10-6-3-7-11-19/h2-32H,1H3;2*2-20H,1H3;2-16H,1H3. The summed E-state index contributed by atoms with van der Waals surface area (Å²) in [7, 11) is 0. The van der Waals surface area contributed by atoms with Gasteiger partial charge in [-0.15, -0.1) is 0 Å². The molecule has 8 heteroatoms. The van der Waals surface area contributed by atoms with Crippen LogP contribution in [0, 0.1) is 27.7 Å². The molecule has 0 saturated heterocycles. The molecule has 0 aliphatic carbocycles. The van der Waals surface area contributed by atoms with E-state index in [0.29, 0.717) is 5.82 Å². The molecule has 20 aromatic carbocycles. The number of hydrogen-bond donors (Lipinski definition) is 0. The maximum atomic E-state index is 5.26. The molecule has 664 valence electrons. The fourth-order valence-corrected chi connectivity index (χ4v) is 18.0. The van der Waals surface area contributed by atoms with Crippen molar-refractivity contribution in [1.29, 1.82) is 0 Å². The number of benzene rings is 20. The second kappa shape index (κ2) is 40.9. The van der Waals surface area contributed by atoms with Gasteiger partial charge in [-0.25, -0.2) is 39.9 Å². The van der Waals surface area contributed by atoms with Crippen LogP contribution >= 0.6 is 0 Å². The summed E-state index contributed by atoms with van der Waals surface area (Å²) in [5, 5.41) is 9.66. The summed E-state index contributed by atoms with van der Waals surface area (Å²) in [4.78, 5) is 40.2. The minimum absolute atomic E-state index is 0.703. The van der Waals surface area contributed by atoms with E-state index < -0.39 is 0 Å². The maximum Gasteiger partial charge on any atom is 0.160 e. The van der Waals surface area contributed by atoms with Crippen LogP contribution in [0.25, 0.3) is 223 Å². The fourth-order valence-electron chi connectivity index (χ4n) is 18.0. The Balaban J connectivity index is 0.000000114. The largest absolute Gasteiger partial charge is 0.228 e. The monoisotopic (exact) mass is 1790 g/mol. The van der Waals surface area contributed by atoms with E-state index in [9.17, 15) is 0 Å². The Morgan fingerprint density at radius 3 is 0.686 bits per heavy atom. The zero-order chi connectivity index (χ0) is 94.5. The van der Waals surface area contributed by atoms with Gasteiger partial charge in [-0.1, -0.05) is 447 Å². The maximum absolute atomic E-state index is 5.26. The first-order valence-corrected chi connectivity index (χ1v) is 47.4. The summed E-state index contributed by atoms with van der Waals surface area (Å²) in [6.07, 6.45) is 0. The molecule has 140 heavy (non-hydrogen) atoms.